The molecule has 2 amide bonds. The van der Waals surface area contributed by atoms with Gasteiger partial charge in [-0.2, -0.15) is 0 Å². The molecule has 2 saturated heterocycles. The summed E-state index contributed by atoms with van der Waals surface area (Å²) in [5.74, 6) is 2.48. The van der Waals surface area contributed by atoms with E-state index in [0.29, 0.717) is 42.1 Å². The number of fused-ring (bicyclic) bond motifs is 1. The molecule has 3 N–H and O–H groups in total. The number of nitrogens with one attached hydrogen (secondary N) is 3. The van der Waals surface area contributed by atoms with Crippen molar-refractivity contribution in [2.45, 2.75) is 52.0 Å². The first-order valence-electron chi connectivity index (χ1n) is 19.6. The average Bonchev–Trinajstić information content (AvgIpc) is 3.19. The lowest BCUT2D eigenvalue weighted by molar-refractivity contribution is 0.0299. The van der Waals surface area contributed by atoms with E-state index in [1.54, 1.807) is 13.4 Å². The van der Waals surface area contributed by atoms with E-state index in [-0.39, 0.29) is 6.03 Å². The number of rotatable bonds is 18. The summed E-state index contributed by atoms with van der Waals surface area (Å²) in [6.07, 6.45) is 6.09. The predicted octanol–water partition coefficient (Wildman–Crippen LogP) is 6.91. The molecular weight excluding hydrogens is 681 g/mol. The molecule has 2 aliphatic rings. The van der Waals surface area contributed by atoms with Gasteiger partial charge in [0.2, 0.25) is 0 Å². The zero-order valence-corrected chi connectivity index (χ0v) is 32.3. The number of piperazine rings is 1. The first-order valence-corrected chi connectivity index (χ1v) is 19.6. The number of unbranched alkanes of at least 4 members (excludes halogenated alkanes) is 3. The van der Waals surface area contributed by atoms with Gasteiger partial charge >= 0.3 is 6.03 Å². The highest BCUT2D eigenvalue weighted by atomic mass is 16.5. The number of hydrogen-bond acceptors (Lipinski definition) is 10. The van der Waals surface area contributed by atoms with Crippen LogP contribution >= 0.6 is 0 Å². The number of nitrogens with zero attached hydrogens (tertiary/aromatic N) is 5. The number of ether oxygens (including phenoxy) is 3. The van der Waals surface area contributed by atoms with Crippen LogP contribution < -0.4 is 25.4 Å². The molecule has 0 spiro atoms. The minimum Gasteiger partial charge on any atom is -0.493 e. The van der Waals surface area contributed by atoms with Crippen LogP contribution in [0.4, 0.5) is 22.0 Å². The number of methoxy groups -OCH3 is 1. The molecule has 12 nitrogen and oxygen atoms in total. The Bertz CT molecular complexity index is 1760. The molecule has 12 heteroatoms. The zero-order chi connectivity index (χ0) is 37.5. The second-order valence-corrected chi connectivity index (χ2v) is 14.6. The van der Waals surface area contributed by atoms with Crippen LogP contribution in [0.2, 0.25) is 0 Å². The van der Waals surface area contributed by atoms with Gasteiger partial charge in [-0.25, -0.2) is 14.8 Å². The standard InChI is InChI=1S/C42H58N8O4/c1-32(2)34-11-13-35(14-12-34)46-42(51)47-36-10-8-9-33(27-36)30-43-41-37-28-40(39(52-3)29-38(37)44-31-45-41)54-24-7-5-4-6-15-48-16-18-49(19-17-48)20-21-50-22-25-53-26-23-50/h8-14,27-29,31-32H,4-7,15-26,30H2,1-3H3,(H,43,44,45)(H2,46,47,51). The largest absolute Gasteiger partial charge is 0.493 e. The van der Waals surface area contributed by atoms with E-state index in [9.17, 15) is 4.79 Å². The fraction of sp³-hybridized carbons (Fsp3) is 0.500. The van der Waals surface area contributed by atoms with Crippen molar-refractivity contribution >= 4 is 34.1 Å². The average molecular weight is 739 g/mol. The highest BCUT2D eigenvalue weighted by molar-refractivity contribution is 5.99. The Hall–Kier alpha value is -4.49. The number of morpholine rings is 1. The molecule has 2 fully saturated rings. The maximum Gasteiger partial charge on any atom is 0.323 e. The molecule has 54 heavy (non-hydrogen) atoms. The van der Waals surface area contributed by atoms with Gasteiger partial charge in [0.15, 0.2) is 11.5 Å². The highest BCUT2D eigenvalue weighted by Gasteiger charge is 2.18. The van der Waals surface area contributed by atoms with Crippen molar-refractivity contribution in [3.05, 3.63) is 78.1 Å². The van der Waals surface area contributed by atoms with Crippen LogP contribution in [0.1, 0.15) is 56.6 Å². The Labute approximate surface area is 320 Å². The summed E-state index contributed by atoms with van der Waals surface area (Å²) in [4.78, 5) is 29.5. The number of amides is 2. The molecule has 4 aromatic rings. The number of carbonyl (C=O) groups excluding carboxylic acids is 1. The van der Waals surface area contributed by atoms with Crippen LogP contribution in [0, 0.1) is 0 Å². The van der Waals surface area contributed by atoms with Crippen molar-refractivity contribution < 1.29 is 19.0 Å². The van der Waals surface area contributed by atoms with Crippen LogP contribution in [0.25, 0.3) is 10.9 Å². The van der Waals surface area contributed by atoms with Crippen molar-refractivity contribution in [2.75, 3.05) is 102 Å². The van der Waals surface area contributed by atoms with E-state index < -0.39 is 0 Å². The van der Waals surface area contributed by atoms with E-state index in [1.807, 2.05) is 60.7 Å². The molecule has 0 radical (unpaired) electrons. The first-order chi connectivity index (χ1) is 26.4. The van der Waals surface area contributed by atoms with E-state index in [1.165, 1.54) is 57.7 Å². The second kappa shape index (κ2) is 20.3. The van der Waals surface area contributed by atoms with Crippen LogP contribution in [0.3, 0.4) is 0 Å². The maximum atomic E-state index is 12.7. The van der Waals surface area contributed by atoms with Crippen molar-refractivity contribution in [1.82, 2.24) is 24.7 Å². The van der Waals surface area contributed by atoms with Crippen molar-refractivity contribution in [2.24, 2.45) is 0 Å². The molecule has 6 rings (SSSR count). The van der Waals surface area contributed by atoms with E-state index >= 15 is 0 Å². The first kappa shape index (κ1) is 39.2. The zero-order valence-electron chi connectivity index (χ0n) is 32.3. The highest BCUT2D eigenvalue weighted by Crippen LogP contribution is 2.34. The van der Waals surface area contributed by atoms with Gasteiger partial charge < -0.3 is 35.1 Å². The quantitative estimate of drug-likeness (QED) is 0.0931. The molecule has 0 saturated carbocycles. The fourth-order valence-electron chi connectivity index (χ4n) is 6.98. The molecule has 1 aromatic heterocycles. The van der Waals surface area contributed by atoms with Gasteiger partial charge in [0, 0.05) is 81.7 Å². The number of carbonyl (C=O) groups is 1. The van der Waals surface area contributed by atoms with E-state index in [4.69, 9.17) is 14.2 Å². The van der Waals surface area contributed by atoms with Crippen molar-refractivity contribution in [3.8, 4) is 11.5 Å². The van der Waals surface area contributed by atoms with Gasteiger partial charge in [0.1, 0.15) is 12.1 Å². The molecule has 0 aliphatic carbocycles. The van der Waals surface area contributed by atoms with Gasteiger partial charge in [-0.15, -0.1) is 0 Å². The van der Waals surface area contributed by atoms with E-state index in [0.717, 1.165) is 67.8 Å². The van der Waals surface area contributed by atoms with Crippen molar-refractivity contribution in [1.29, 1.82) is 0 Å². The molecular formula is C42H58N8O4. The Morgan fingerprint density at radius 1 is 0.778 bits per heavy atom. The molecule has 0 bridgehead atoms. The molecule has 0 unspecified atom stereocenters. The number of aromatic nitrogens is 2. The lowest BCUT2D eigenvalue weighted by atomic mass is 10.0. The topological polar surface area (TPSA) is 116 Å². The Morgan fingerprint density at radius 2 is 1.48 bits per heavy atom. The third-order valence-electron chi connectivity index (χ3n) is 10.3. The minimum atomic E-state index is -0.291. The number of hydrogen-bond donors (Lipinski definition) is 3. The van der Waals surface area contributed by atoms with Crippen LogP contribution in [0.5, 0.6) is 11.5 Å². The summed E-state index contributed by atoms with van der Waals surface area (Å²) in [5.41, 5.74) is 4.44. The normalized spacial score (nSPS) is 15.7. The SMILES string of the molecule is COc1cc2ncnc(NCc3cccc(NC(=O)Nc4ccc(C(C)C)cc4)c3)c2cc1OCCCCCCN1CCN(CCN2CCOCC2)CC1. The fourth-order valence-corrected chi connectivity index (χ4v) is 6.98. The van der Waals surface area contributed by atoms with E-state index in [2.05, 4.69) is 54.5 Å². The molecule has 3 aromatic carbocycles. The van der Waals surface area contributed by atoms with Gasteiger partial charge in [-0.05, 0) is 66.8 Å². The lowest BCUT2D eigenvalue weighted by Crippen LogP contribution is -2.49. The summed E-state index contributed by atoms with van der Waals surface area (Å²) >= 11 is 0. The second-order valence-electron chi connectivity index (χ2n) is 14.6. The molecule has 0 atom stereocenters. The Balaban J connectivity index is 0.922. The summed E-state index contributed by atoms with van der Waals surface area (Å²) in [6.45, 7) is 17.5. The minimum absolute atomic E-state index is 0.291. The van der Waals surface area contributed by atoms with Gasteiger partial charge in [0.05, 0.1) is 32.4 Å². The maximum absolute atomic E-state index is 12.7. The molecule has 3 heterocycles. The van der Waals surface area contributed by atoms with Crippen LogP contribution in [-0.4, -0.2) is 117 Å². The smallest absolute Gasteiger partial charge is 0.323 e. The predicted molar refractivity (Wildman–Crippen MR) is 217 cm³/mol. The van der Waals surface area contributed by atoms with Gasteiger partial charge in [-0.3, -0.25) is 9.80 Å². The lowest BCUT2D eigenvalue weighted by Gasteiger charge is -2.36. The van der Waals surface area contributed by atoms with Crippen LogP contribution in [0.15, 0.2) is 67.0 Å². The van der Waals surface area contributed by atoms with Crippen LogP contribution in [-0.2, 0) is 11.3 Å². The Kier molecular flexibility index (Phi) is 14.7. The van der Waals surface area contributed by atoms with Gasteiger partial charge in [0.25, 0.3) is 0 Å². The summed E-state index contributed by atoms with van der Waals surface area (Å²) < 4.78 is 17.4. The monoisotopic (exact) mass is 738 g/mol. The third kappa shape index (κ3) is 11.8. The summed E-state index contributed by atoms with van der Waals surface area (Å²) in [5, 5.41) is 10.2. The Morgan fingerprint density at radius 3 is 2.22 bits per heavy atom. The number of urea groups is 1. The summed E-state index contributed by atoms with van der Waals surface area (Å²) in [7, 11) is 1.65. The molecule has 290 valence electrons. The summed E-state index contributed by atoms with van der Waals surface area (Å²) in [6, 6.07) is 19.3. The molecule has 2 aliphatic heterocycles. The number of benzene rings is 3. The number of anilines is 3. The third-order valence-corrected chi connectivity index (χ3v) is 10.3. The van der Waals surface area contributed by atoms with Gasteiger partial charge in [-0.1, -0.05) is 51.0 Å². The van der Waals surface area contributed by atoms with Crippen molar-refractivity contribution in [3.63, 3.8) is 0 Å².